The number of anilines is 1. The number of piperazine rings is 1. The largest absolute Gasteiger partial charge is 0.465 e. The average Bonchev–Trinajstić information content (AvgIpc) is 3.33. The molecule has 0 radical (unpaired) electrons. The van der Waals surface area contributed by atoms with E-state index in [4.69, 9.17) is 4.42 Å². The third kappa shape index (κ3) is 5.39. The second-order valence-electron chi connectivity index (χ2n) is 6.95. The summed E-state index contributed by atoms with van der Waals surface area (Å²) in [6.07, 6.45) is 2.72. The van der Waals surface area contributed by atoms with Gasteiger partial charge in [0.25, 0.3) is 11.8 Å². The molecule has 1 aliphatic heterocycles. The van der Waals surface area contributed by atoms with Crippen molar-refractivity contribution in [1.82, 2.24) is 9.80 Å². The third-order valence-corrected chi connectivity index (χ3v) is 4.87. The van der Waals surface area contributed by atoms with Gasteiger partial charge in [-0.05, 0) is 43.3 Å². The maximum Gasteiger partial charge on any atom is 0.337 e. The van der Waals surface area contributed by atoms with Crippen LogP contribution in [0.25, 0.3) is 0 Å². The van der Waals surface area contributed by atoms with Crippen molar-refractivity contribution in [3.05, 3.63) is 65.6 Å². The summed E-state index contributed by atoms with van der Waals surface area (Å²) in [5.41, 5.74) is 1.10. The van der Waals surface area contributed by atoms with Gasteiger partial charge < -0.3 is 24.3 Å². The molecular formula is C22H23N3O6. The Hall–Kier alpha value is -3.88. The first-order chi connectivity index (χ1) is 14.9. The van der Waals surface area contributed by atoms with Gasteiger partial charge in [-0.25, -0.2) is 4.79 Å². The Labute approximate surface area is 179 Å². The van der Waals surface area contributed by atoms with Crippen molar-refractivity contribution in [3.8, 4) is 0 Å². The first kappa shape index (κ1) is 21.8. The van der Waals surface area contributed by atoms with E-state index < -0.39 is 11.9 Å². The molecule has 3 rings (SSSR count). The minimum Gasteiger partial charge on any atom is -0.465 e. The number of carbonyl (C=O) groups is 4. The zero-order valence-corrected chi connectivity index (χ0v) is 17.3. The molecule has 0 saturated carbocycles. The molecule has 1 N–H and O–H groups in total. The van der Waals surface area contributed by atoms with Crippen molar-refractivity contribution >= 4 is 29.4 Å². The lowest BCUT2D eigenvalue weighted by atomic mass is 10.2. The van der Waals surface area contributed by atoms with Crippen LogP contribution in [-0.4, -0.2) is 66.8 Å². The van der Waals surface area contributed by atoms with Crippen molar-refractivity contribution in [2.24, 2.45) is 0 Å². The lowest BCUT2D eigenvalue weighted by Gasteiger charge is -2.33. The van der Waals surface area contributed by atoms with Crippen molar-refractivity contribution in [2.45, 2.75) is 6.92 Å². The molecule has 0 bridgehead atoms. The van der Waals surface area contributed by atoms with Crippen LogP contribution in [0, 0.1) is 0 Å². The van der Waals surface area contributed by atoms with Crippen molar-refractivity contribution in [3.63, 3.8) is 0 Å². The summed E-state index contributed by atoms with van der Waals surface area (Å²) in [7, 11) is 1.29. The second kappa shape index (κ2) is 9.75. The second-order valence-corrected chi connectivity index (χ2v) is 6.95. The number of hydrogen-bond acceptors (Lipinski definition) is 6. The Bertz CT molecular complexity index is 987. The fourth-order valence-electron chi connectivity index (χ4n) is 3.07. The molecule has 0 aliphatic carbocycles. The lowest BCUT2D eigenvalue weighted by Crippen LogP contribution is -2.50. The number of furan rings is 1. The van der Waals surface area contributed by atoms with Gasteiger partial charge in [-0.3, -0.25) is 14.4 Å². The molecule has 9 nitrogen and oxygen atoms in total. The number of methoxy groups -OCH3 is 1. The van der Waals surface area contributed by atoms with Gasteiger partial charge in [0, 0.05) is 43.5 Å². The van der Waals surface area contributed by atoms with Crippen molar-refractivity contribution in [2.75, 3.05) is 38.6 Å². The molecule has 2 heterocycles. The van der Waals surface area contributed by atoms with Crippen LogP contribution < -0.4 is 5.32 Å². The summed E-state index contributed by atoms with van der Waals surface area (Å²) in [6.45, 7) is 3.05. The van der Waals surface area contributed by atoms with E-state index in [9.17, 15) is 19.2 Å². The van der Waals surface area contributed by atoms with E-state index in [1.54, 1.807) is 41.0 Å². The topological polar surface area (TPSA) is 109 Å². The molecule has 31 heavy (non-hydrogen) atoms. The van der Waals surface area contributed by atoms with Crippen LogP contribution in [0.15, 0.2) is 58.7 Å². The summed E-state index contributed by atoms with van der Waals surface area (Å²) in [6, 6.07) is 9.49. The van der Waals surface area contributed by atoms with Crippen molar-refractivity contribution < 1.29 is 28.3 Å². The minimum atomic E-state index is -0.467. The highest BCUT2D eigenvalue weighted by Gasteiger charge is 2.25. The van der Waals surface area contributed by atoms with Gasteiger partial charge in [-0.2, -0.15) is 0 Å². The van der Waals surface area contributed by atoms with Gasteiger partial charge >= 0.3 is 5.97 Å². The zero-order valence-electron chi connectivity index (χ0n) is 17.3. The first-order valence-electron chi connectivity index (χ1n) is 9.68. The number of esters is 1. The van der Waals surface area contributed by atoms with Gasteiger partial charge in [0.1, 0.15) is 0 Å². The highest BCUT2D eigenvalue weighted by Crippen LogP contribution is 2.13. The molecule has 3 amide bonds. The van der Waals surface area contributed by atoms with Crippen LogP contribution in [0.4, 0.5) is 5.69 Å². The average molecular weight is 425 g/mol. The summed E-state index contributed by atoms with van der Waals surface area (Å²) < 4.78 is 9.76. The number of hydrogen-bond donors (Lipinski definition) is 1. The maximum absolute atomic E-state index is 12.5. The molecule has 0 spiro atoms. The lowest BCUT2D eigenvalue weighted by molar-refractivity contribution is -0.127. The third-order valence-electron chi connectivity index (χ3n) is 4.87. The Kier molecular flexibility index (Phi) is 6.86. The highest BCUT2D eigenvalue weighted by molar-refractivity contribution is 6.07. The van der Waals surface area contributed by atoms with E-state index in [1.165, 1.54) is 31.6 Å². The molecule has 1 aromatic heterocycles. The molecule has 162 valence electrons. The van der Waals surface area contributed by atoms with Gasteiger partial charge in [0.15, 0.2) is 5.76 Å². The fourth-order valence-corrected chi connectivity index (χ4v) is 3.07. The minimum absolute atomic E-state index is 0.207. The molecule has 1 aromatic carbocycles. The fraction of sp³-hybridized carbons (Fsp3) is 0.273. The van der Waals surface area contributed by atoms with E-state index in [-0.39, 0.29) is 23.1 Å². The van der Waals surface area contributed by atoms with Crippen LogP contribution in [-0.2, 0) is 14.3 Å². The standard InChI is InChI=1S/C22H23N3O6/c1-15(20(27)23-17-7-5-16(6-8-17)22(29)30-2)14-19(26)24-9-11-25(12-10-24)21(28)18-4-3-13-31-18/h3-8,13-14H,9-12H2,1-2H3,(H,23,27)/b15-14+. The van der Waals surface area contributed by atoms with E-state index in [0.717, 1.165) is 0 Å². The Morgan fingerprint density at radius 3 is 2.23 bits per heavy atom. The molecule has 0 atom stereocenters. The monoisotopic (exact) mass is 425 g/mol. The molecular weight excluding hydrogens is 402 g/mol. The van der Waals surface area contributed by atoms with Crippen LogP contribution >= 0.6 is 0 Å². The van der Waals surface area contributed by atoms with E-state index in [0.29, 0.717) is 37.4 Å². The summed E-state index contributed by atoms with van der Waals surface area (Å²) >= 11 is 0. The maximum atomic E-state index is 12.5. The molecule has 0 unspecified atom stereocenters. The van der Waals surface area contributed by atoms with Gasteiger partial charge in [-0.1, -0.05) is 0 Å². The smallest absolute Gasteiger partial charge is 0.337 e. The number of amides is 3. The molecule has 1 aliphatic rings. The number of carbonyl (C=O) groups excluding carboxylic acids is 4. The number of nitrogens with one attached hydrogen (secondary N) is 1. The normalized spacial score (nSPS) is 14.2. The Balaban J connectivity index is 1.52. The van der Waals surface area contributed by atoms with Crippen LogP contribution in [0.3, 0.4) is 0 Å². The highest BCUT2D eigenvalue weighted by atomic mass is 16.5. The molecule has 1 saturated heterocycles. The molecule has 9 heteroatoms. The van der Waals surface area contributed by atoms with Gasteiger partial charge in [0.2, 0.25) is 5.91 Å². The predicted octanol–water partition coefficient (Wildman–Crippen LogP) is 1.94. The van der Waals surface area contributed by atoms with Gasteiger partial charge in [-0.15, -0.1) is 0 Å². The van der Waals surface area contributed by atoms with E-state index >= 15 is 0 Å². The Morgan fingerprint density at radius 1 is 1.00 bits per heavy atom. The van der Waals surface area contributed by atoms with Crippen LogP contribution in [0.5, 0.6) is 0 Å². The van der Waals surface area contributed by atoms with Crippen LogP contribution in [0.2, 0.25) is 0 Å². The quantitative estimate of drug-likeness (QED) is 0.579. The van der Waals surface area contributed by atoms with Crippen molar-refractivity contribution in [1.29, 1.82) is 0 Å². The molecule has 1 fully saturated rings. The van der Waals surface area contributed by atoms with E-state index in [1.807, 2.05) is 0 Å². The summed E-state index contributed by atoms with van der Waals surface area (Å²) in [5, 5.41) is 2.68. The number of benzene rings is 1. The Morgan fingerprint density at radius 2 is 1.65 bits per heavy atom. The number of rotatable bonds is 5. The predicted molar refractivity (Wildman–Crippen MR) is 111 cm³/mol. The summed E-state index contributed by atoms with van der Waals surface area (Å²) in [5.74, 6) is -1.12. The number of ether oxygens (including phenoxy) is 1. The SMILES string of the molecule is COC(=O)c1ccc(NC(=O)/C(C)=C/C(=O)N2CCN(C(=O)c3ccco3)CC2)cc1. The zero-order chi connectivity index (χ0) is 22.4. The van der Waals surface area contributed by atoms with Crippen LogP contribution in [0.1, 0.15) is 27.8 Å². The molecule has 2 aromatic rings. The first-order valence-corrected chi connectivity index (χ1v) is 9.68. The number of nitrogens with zero attached hydrogens (tertiary/aromatic N) is 2. The van der Waals surface area contributed by atoms with Gasteiger partial charge in [0.05, 0.1) is 18.9 Å². The van der Waals surface area contributed by atoms with E-state index in [2.05, 4.69) is 10.1 Å². The summed E-state index contributed by atoms with van der Waals surface area (Å²) in [4.78, 5) is 51.9.